The van der Waals surface area contributed by atoms with Crippen LogP contribution < -0.4 is 16.4 Å². The lowest BCUT2D eigenvalue weighted by atomic mass is 10.0. The van der Waals surface area contributed by atoms with Crippen molar-refractivity contribution in [1.82, 2.24) is 15.1 Å². The lowest BCUT2D eigenvalue weighted by molar-refractivity contribution is 0.100. The third kappa shape index (κ3) is 4.90. The molecule has 1 saturated carbocycles. The number of anilines is 2. The van der Waals surface area contributed by atoms with Gasteiger partial charge in [-0.05, 0) is 44.7 Å². The number of para-hydroxylation sites is 1. The monoisotopic (exact) mass is 380 g/mol. The highest BCUT2D eigenvalue weighted by Gasteiger charge is 2.39. The van der Waals surface area contributed by atoms with E-state index in [1.165, 1.54) is 12.8 Å². The number of hydrogen-bond acceptors (Lipinski definition) is 5. The number of rotatable bonds is 10. The summed E-state index contributed by atoms with van der Waals surface area (Å²) in [4.78, 5) is 11.9. The van der Waals surface area contributed by atoms with Gasteiger partial charge in [0.1, 0.15) is 11.6 Å². The van der Waals surface area contributed by atoms with Gasteiger partial charge >= 0.3 is 0 Å². The first kappa shape index (κ1) is 19.9. The van der Waals surface area contributed by atoms with E-state index in [9.17, 15) is 10.1 Å². The van der Waals surface area contributed by atoms with E-state index in [1.807, 2.05) is 30.3 Å². The summed E-state index contributed by atoms with van der Waals surface area (Å²) in [6, 6.07) is 11.5. The van der Waals surface area contributed by atoms with Crippen LogP contribution in [-0.2, 0) is 0 Å². The molecule has 4 N–H and O–H groups in total. The summed E-state index contributed by atoms with van der Waals surface area (Å²) in [6.45, 7) is 4.37. The number of nitrogens with one attached hydrogen (secondary N) is 2. The van der Waals surface area contributed by atoms with Gasteiger partial charge in [0.15, 0.2) is 5.82 Å². The van der Waals surface area contributed by atoms with E-state index in [2.05, 4.69) is 35.6 Å². The van der Waals surface area contributed by atoms with Crippen LogP contribution in [0.5, 0.6) is 0 Å². The Hall–Kier alpha value is -2.85. The number of amides is 1. The van der Waals surface area contributed by atoms with Crippen molar-refractivity contribution in [3.8, 4) is 6.07 Å². The van der Waals surface area contributed by atoms with Crippen LogP contribution in [0, 0.1) is 11.3 Å². The maximum atomic E-state index is 11.9. The smallest absolute Gasteiger partial charge is 0.254 e. The minimum absolute atomic E-state index is 0.197. The Morgan fingerprint density at radius 3 is 2.68 bits per heavy atom. The molecule has 1 aromatic heterocycles. The molecule has 1 fully saturated rings. The molecule has 0 unspecified atom stereocenters. The minimum Gasteiger partial charge on any atom is -0.365 e. The summed E-state index contributed by atoms with van der Waals surface area (Å²) in [5, 5.41) is 21.1. The number of carbonyl (C=O) groups excluding carboxylic acids is 1. The van der Waals surface area contributed by atoms with Crippen molar-refractivity contribution >= 4 is 17.4 Å². The molecule has 0 bridgehead atoms. The number of hydrogen-bond donors (Lipinski definition) is 3. The molecule has 2 atom stereocenters. The average molecular weight is 380 g/mol. The highest BCUT2D eigenvalue weighted by molar-refractivity contribution is 5.98. The molecule has 0 aliphatic heterocycles. The van der Waals surface area contributed by atoms with Crippen molar-refractivity contribution in [2.75, 3.05) is 5.32 Å². The van der Waals surface area contributed by atoms with Crippen LogP contribution in [0.4, 0.5) is 11.5 Å². The van der Waals surface area contributed by atoms with Crippen molar-refractivity contribution in [2.24, 2.45) is 5.73 Å². The predicted octanol–water partition coefficient (Wildman–Crippen LogP) is 3.49. The lowest BCUT2D eigenvalue weighted by Crippen LogP contribution is -2.39. The van der Waals surface area contributed by atoms with Crippen molar-refractivity contribution < 1.29 is 4.79 Å². The summed E-state index contributed by atoms with van der Waals surface area (Å²) < 4.78 is 1.56. The highest BCUT2D eigenvalue weighted by Crippen LogP contribution is 2.36. The third-order valence-corrected chi connectivity index (χ3v) is 5.20. The third-order valence-electron chi connectivity index (χ3n) is 5.20. The Morgan fingerprint density at radius 2 is 2.11 bits per heavy atom. The second-order valence-electron chi connectivity index (χ2n) is 7.80. The van der Waals surface area contributed by atoms with Gasteiger partial charge in [0, 0.05) is 23.5 Å². The van der Waals surface area contributed by atoms with Gasteiger partial charge in [-0.1, -0.05) is 31.5 Å². The minimum atomic E-state index is -0.574. The van der Waals surface area contributed by atoms with Gasteiger partial charge in [0.05, 0.1) is 6.07 Å². The first-order valence-corrected chi connectivity index (χ1v) is 9.82. The highest BCUT2D eigenvalue weighted by atomic mass is 16.1. The van der Waals surface area contributed by atoms with Crippen molar-refractivity contribution in [3.05, 3.63) is 42.1 Å². The van der Waals surface area contributed by atoms with Crippen molar-refractivity contribution in [1.29, 1.82) is 5.26 Å². The Bertz CT molecular complexity index is 850. The molecular weight excluding hydrogens is 352 g/mol. The van der Waals surface area contributed by atoms with Crippen molar-refractivity contribution in [2.45, 2.75) is 63.6 Å². The number of primary amides is 1. The number of nitriles is 1. The maximum absolute atomic E-state index is 11.9. The lowest BCUT2D eigenvalue weighted by Gasteiger charge is -2.24. The molecule has 1 aliphatic rings. The van der Waals surface area contributed by atoms with Crippen LogP contribution in [0.1, 0.15) is 62.4 Å². The van der Waals surface area contributed by atoms with Gasteiger partial charge in [-0.3, -0.25) is 9.48 Å². The van der Waals surface area contributed by atoms with Crippen molar-refractivity contribution in [3.63, 3.8) is 0 Å². The number of nitrogens with zero attached hydrogens (tertiary/aromatic N) is 3. The molecular formula is C21H28N6O. The van der Waals surface area contributed by atoms with Gasteiger partial charge in [-0.15, -0.1) is 0 Å². The topological polar surface area (TPSA) is 109 Å². The summed E-state index contributed by atoms with van der Waals surface area (Å²) in [7, 11) is 0. The predicted molar refractivity (Wildman–Crippen MR) is 109 cm³/mol. The fourth-order valence-corrected chi connectivity index (χ4v) is 3.39. The molecule has 0 saturated heterocycles. The fraction of sp³-hybridized carbons (Fsp3) is 0.476. The zero-order valence-electron chi connectivity index (χ0n) is 16.5. The molecule has 1 amide bonds. The maximum Gasteiger partial charge on any atom is 0.254 e. The van der Waals surface area contributed by atoms with Crippen LogP contribution in [0.3, 0.4) is 0 Å². The number of nitrogens with two attached hydrogens (primary N) is 1. The molecule has 0 spiro atoms. The molecule has 7 heteroatoms. The molecule has 28 heavy (non-hydrogen) atoms. The van der Waals surface area contributed by atoms with Crippen LogP contribution in [-0.4, -0.2) is 27.3 Å². The Balaban J connectivity index is 1.80. The molecule has 1 aromatic carbocycles. The van der Waals surface area contributed by atoms with Crippen LogP contribution in [0.2, 0.25) is 0 Å². The fourth-order valence-electron chi connectivity index (χ4n) is 3.39. The Labute approximate surface area is 165 Å². The SMILES string of the molecule is CCC[C@@H](C[C@H](C#N)n1cc(C(N)=O)c(Nc2ccccc2)n1)NC1(C)CC1. The summed E-state index contributed by atoms with van der Waals surface area (Å²) in [5.74, 6) is -0.205. The quantitative estimate of drug-likeness (QED) is 0.584. The largest absolute Gasteiger partial charge is 0.365 e. The van der Waals surface area contributed by atoms with Crippen LogP contribution in [0.25, 0.3) is 0 Å². The van der Waals surface area contributed by atoms with E-state index in [1.54, 1.807) is 10.9 Å². The standard InChI is InChI=1S/C21H28N6O/c1-3-7-16(25-21(2)10-11-21)12-17(13-22)27-14-18(19(23)28)20(26-27)24-15-8-5-4-6-9-15/h4-6,8-9,14,16-17,25H,3,7,10-12H2,1-2H3,(H2,23,28)(H,24,26)/t16-,17+/m0/s1. The van der Waals surface area contributed by atoms with Crippen LogP contribution in [0.15, 0.2) is 36.5 Å². The van der Waals surface area contributed by atoms with Gasteiger partial charge in [0.2, 0.25) is 0 Å². The molecule has 1 heterocycles. The summed E-state index contributed by atoms with van der Waals surface area (Å²) in [5.41, 5.74) is 6.81. The molecule has 3 rings (SSSR count). The average Bonchev–Trinajstić information content (AvgIpc) is 3.24. The molecule has 2 aromatic rings. The summed E-state index contributed by atoms with van der Waals surface area (Å²) >= 11 is 0. The van der Waals surface area contributed by atoms with E-state index in [4.69, 9.17) is 5.73 Å². The van der Waals surface area contributed by atoms with Gasteiger partial charge in [0.25, 0.3) is 5.91 Å². The van der Waals surface area contributed by atoms with E-state index >= 15 is 0 Å². The summed E-state index contributed by atoms with van der Waals surface area (Å²) in [6.07, 6.45) is 6.57. The van der Waals surface area contributed by atoms with Gasteiger partial charge in [-0.2, -0.15) is 10.4 Å². The Kier molecular flexibility index (Phi) is 6.00. The van der Waals surface area contributed by atoms with Crippen LogP contribution >= 0.6 is 0 Å². The molecule has 1 aliphatic carbocycles. The second-order valence-corrected chi connectivity index (χ2v) is 7.80. The van der Waals surface area contributed by atoms with Gasteiger partial charge < -0.3 is 16.4 Å². The van der Waals surface area contributed by atoms with E-state index in [-0.39, 0.29) is 17.1 Å². The molecule has 7 nitrogen and oxygen atoms in total. The molecule has 0 radical (unpaired) electrons. The van der Waals surface area contributed by atoms with E-state index in [0.717, 1.165) is 18.5 Å². The van der Waals surface area contributed by atoms with Gasteiger partial charge in [-0.25, -0.2) is 0 Å². The normalized spacial score (nSPS) is 16.8. The zero-order chi connectivity index (χ0) is 20.1. The first-order valence-electron chi connectivity index (χ1n) is 9.82. The first-order chi connectivity index (χ1) is 13.4. The number of aromatic nitrogens is 2. The Morgan fingerprint density at radius 1 is 1.39 bits per heavy atom. The number of carbonyl (C=O) groups is 1. The van der Waals surface area contributed by atoms with E-state index in [0.29, 0.717) is 12.2 Å². The second kappa shape index (κ2) is 8.44. The number of benzene rings is 1. The van der Waals surface area contributed by atoms with E-state index < -0.39 is 11.9 Å². The zero-order valence-corrected chi connectivity index (χ0v) is 16.5. The molecule has 148 valence electrons.